The van der Waals surface area contributed by atoms with Gasteiger partial charge in [-0.3, -0.25) is 9.59 Å². The number of hydrogen-bond acceptors (Lipinski definition) is 4. The van der Waals surface area contributed by atoms with Gasteiger partial charge in [-0.25, -0.2) is 4.79 Å². The molecule has 4 bridgehead atoms. The van der Waals surface area contributed by atoms with Crippen molar-refractivity contribution in [3.05, 3.63) is 35.9 Å². The minimum Gasteiger partial charge on any atom is -0.456 e. The zero-order valence-electron chi connectivity index (χ0n) is 16.8. The summed E-state index contributed by atoms with van der Waals surface area (Å²) in [6.07, 6.45) is 8.34. The van der Waals surface area contributed by atoms with Crippen LogP contribution in [0.4, 0.5) is 0 Å². The van der Waals surface area contributed by atoms with E-state index in [9.17, 15) is 14.4 Å². The van der Waals surface area contributed by atoms with Crippen molar-refractivity contribution in [2.75, 3.05) is 13.2 Å². The molecule has 154 valence electrons. The molecule has 1 aromatic carbocycles. The van der Waals surface area contributed by atoms with E-state index in [4.69, 9.17) is 4.74 Å². The molecule has 5 aliphatic rings. The monoisotopic (exact) mass is 395 g/mol. The molecule has 4 saturated carbocycles. The Bertz CT molecular complexity index is 782. The molecule has 6 rings (SSSR count). The Balaban J connectivity index is 1.25. The second-order valence-electron chi connectivity index (χ2n) is 9.75. The summed E-state index contributed by atoms with van der Waals surface area (Å²) >= 11 is 0. The quantitative estimate of drug-likeness (QED) is 0.564. The van der Waals surface area contributed by atoms with Gasteiger partial charge in [-0.2, -0.15) is 0 Å². The van der Waals surface area contributed by atoms with Crippen molar-refractivity contribution in [1.29, 1.82) is 0 Å². The minimum atomic E-state index is -0.529. The van der Waals surface area contributed by atoms with Gasteiger partial charge in [-0.15, -0.1) is 0 Å². The number of esters is 1. The van der Waals surface area contributed by atoms with Gasteiger partial charge in [-0.1, -0.05) is 30.3 Å². The van der Waals surface area contributed by atoms with Gasteiger partial charge in [0.2, 0.25) is 5.91 Å². The van der Waals surface area contributed by atoms with E-state index in [0.29, 0.717) is 36.3 Å². The summed E-state index contributed by atoms with van der Waals surface area (Å²) in [5.41, 5.74) is 0.297. The number of carbonyl (C=O) groups excluding carboxylic acids is 3. The fourth-order valence-corrected chi connectivity index (χ4v) is 6.87. The number of rotatable bonds is 5. The highest BCUT2D eigenvalue weighted by Gasteiger charge is 2.57. The van der Waals surface area contributed by atoms with Crippen LogP contribution in [0.25, 0.3) is 0 Å². The molecule has 1 unspecified atom stereocenters. The molecule has 5 nitrogen and oxygen atoms in total. The first-order chi connectivity index (χ1) is 14.0. The van der Waals surface area contributed by atoms with Crippen molar-refractivity contribution in [3.8, 4) is 0 Å². The van der Waals surface area contributed by atoms with Crippen molar-refractivity contribution in [2.45, 2.75) is 57.4 Å². The molecule has 0 aromatic heterocycles. The molecule has 0 radical (unpaired) electrons. The average Bonchev–Trinajstić information content (AvgIpc) is 3.20. The van der Waals surface area contributed by atoms with Crippen molar-refractivity contribution in [2.24, 2.45) is 23.2 Å². The molecule has 5 heteroatoms. The van der Waals surface area contributed by atoms with E-state index in [1.807, 2.05) is 6.07 Å². The molecule has 1 atom stereocenters. The lowest BCUT2D eigenvalue weighted by Crippen LogP contribution is -2.56. The predicted molar refractivity (Wildman–Crippen MR) is 107 cm³/mol. The van der Waals surface area contributed by atoms with Crippen molar-refractivity contribution < 1.29 is 19.1 Å². The molecule has 0 spiro atoms. The summed E-state index contributed by atoms with van der Waals surface area (Å²) < 4.78 is 5.36. The fourth-order valence-electron chi connectivity index (χ4n) is 6.87. The van der Waals surface area contributed by atoms with E-state index < -0.39 is 12.0 Å². The number of ketones is 1. The Morgan fingerprint density at radius 2 is 1.59 bits per heavy atom. The third-order valence-corrected chi connectivity index (χ3v) is 7.72. The minimum absolute atomic E-state index is 0.186. The first-order valence-electron chi connectivity index (χ1n) is 11.1. The van der Waals surface area contributed by atoms with Gasteiger partial charge >= 0.3 is 5.97 Å². The van der Waals surface area contributed by atoms with Crippen LogP contribution in [0.3, 0.4) is 0 Å². The lowest BCUT2D eigenvalue weighted by atomic mass is 9.49. The summed E-state index contributed by atoms with van der Waals surface area (Å²) in [7, 11) is 0. The second kappa shape index (κ2) is 7.26. The number of ether oxygens (including phenoxy) is 1. The van der Waals surface area contributed by atoms with E-state index in [2.05, 4.69) is 0 Å². The van der Waals surface area contributed by atoms with Crippen LogP contribution in [0.1, 0.15) is 61.7 Å². The first kappa shape index (κ1) is 18.8. The summed E-state index contributed by atoms with van der Waals surface area (Å²) in [6, 6.07) is 8.33. The number of likely N-dealkylation sites (tertiary alicyclic amines) is 1. The maximum Gasteiger partial charge on any atom is 0.329 e. The Morgan fingerprint density at radius 3 is 2.21 bits per heavy atom. The van der Waals surface area contributed by atoms with Crippen LogP contribution in [0.2, 0.25) is 0 Å². The third kappa shape index (κ3) is 3.38. The lowest BCUT2D eigenvalue weighted by molar-refractivity contribution is -0.165. The second-order valence-corrected chi connectivity index (χ2v) is 9.75. The summed E-state index contributed by atoms with van der Waals surface area (Å²) in [4.78, 5) is 40.4. The maximum atomic E-state index is 13.6. The lowest BCUT2D eigenvalue weighted by Gasteiger charge is -2.56. The number of nitrogens with zero attached hydrogens (tertiary/aromatic N) is 1. The van der Waals surface area contributed by atoms with E-state index in [-0.39, 0.29) is 23.7 Å². The Kier molecular flexibility index (Phi) is 4.72. The normalized spacial score (nSPS) is 35.0. The highest BCUT2D eigenvalue weighted by molar-refractivity contribution is 5.98. The van der Waals surface area contributed by atoms with Crippen LogP contribution in [0.5, 0.6) is 0 Å². The van der Waals surface area contributed by atoms with Crippen LogP contribution in [0.15, 0.2) is 30.3 Å². The zero-order chi connectivity index (χ0) is 20.0. The van der Waals surface area contributed by atoms with Crippen molar-refractivity contribution >= 4 is 17.7 Å². The number of carbonyl (C=O) groups is 3. The Morgan fingerprint density at radius 1 is 0.966 bits per heavy atom. The molecule has 1 aliphatic heterocycles. The van der Waals surface area contributed by atoms with Crippen LogP contribution in [0, 0.1) is 23.2 Å². The van der Waals surface area contributed by atoms with Crippen LogP contribution < -0.4 is 0 Å². The van der Waals surface area contributed by atoms with Crippen molar-refractivity contribution in [3.63, 3.8) is 0 Å². The molecule has 1 saturated heterocycles. The Labute approximate surface area is 171 Å². The summed E-state index contributed by atoms with van der Waals surface area (Å²) in [5.74, 6) is 1.64. The van der Waals surface area contributed by atoms with Gasteiger partial charge in [-0.05, 0) is 69.1 Å². The van der Waals surface area contributed by atoms with Gasteiger partial charge < -0.3 is 9.64 Å². The fraction of sp³-hybridized carbons (Fsp3) is 0.625. The molecule has 4 aliphatic carbocycles. The highest BCUT2D eigenvalue weighted by Crippen LogP contribution is 2.60. The SMILES string of the molecule is O=C(COC(=O)C1CCCN1C(=O)C12CC3CC(CC(C3)C1)C2)c1ccccc1. The molecule has 1 amide bonds. The molecule has 5 fully saturated rings. The molecule has 29 heavy (non-hydrogen) atoms. The Hall–Kier alpha value is -2.17. The van der Waals surface area contributed by atoms with Gasteiger partial charge in [0, 0.05) is 12.1 Å². The van der Waals surface area contributed by atoms with Crippen molar-refractivity contribution in [1.82, 2.24) is 4.90 Å². The maximum absolute atomic E-state index is 13.6. The third-order valence-electron chi connectivity index (χ3n) is 7.72. The van der Waals surface area contributed by atoms with E-state index in [1.54, 1.807) is 29.2 Å². The van der Waals surface area contributed by atoms with Crippen LogP contribution in [-0.4, -0.2) is 41.8 Å². The number of Topliss-reactive ketones (excluding diaryl/α,β-unsaturated/α-hetero) is 1. The average molecular weight is 395 g/mol. The standard InChI is InChI=1S/C24H29NO4/c26-21(19-5-2-1-3-6-19)15-29-22(27)20-7-4-8-25(20)23(28)24-12-16-9-17(13-24)11-18(10-16)14-24/h1-3,5-6,16-18,20H,4,7-15H2. The zero-order valence-corrected chi connectivity index (χ0v) is 16.8. The smallest absolute Gasteiger partial charge is 0.329 e. The number of hydrogen-bond donors (Lipinski definition) is 0. The number of benzene rings is 1. The van der Waals surface area contributed by atoms with E-state index in [0.717, 1.165) is 25.7 Å². The highest BCUT2D eigenvalue weighted by atomic mass is 16.5. The van der Waals surface area contributed by atoms with Crippen LogP contribution >= 0.6 is 0 Å². The van der Waals surface area contributed by atoms with E-state index >= 15 is 0 Å². The van der Waals surface area contributed by atoms with Gasteiger partial charge in [0.25, 0.3) is 0 Å². The molecule has 1 aromatic rings. The topological polar surface area (TPSA) is 63.7 Å². The van der Waals surface area contributed by atoms with Gasteiger partial charge in [0.1, 0.15) is 6.04 Å². The van der Waals surface area contributed by atoms with Crippen LogP contribution in [-0.2, 0) is 14.3 Å². The molecule has 1 heterocycles. The first-order valence-corrected chi connectivity index (χ1v) is 11.1. The summed E-state index contributed by atoms with van der Waals surface area (Å²) in [6.45, 7) is 0.367. The molecular weight excluding hydrogens is 366 g/mol. The predicted octanol–water partition coefficient (Wildman–Crippen LogP) is 3.62. The molecular formula is C24H29NO4. The molecule has 0 N–H and O–H groups in total. The largest absolute Gasteiger partial charge is 0.456 e. The summed E-state index contributed by atoms with van der Waals surface area (Å²) in [5, 5.41) is 0. The van der Waals surface area contributed by atoms with E-state index in [1.165, 1.54) is 19.3 Å². The van der Waals surface area contributed by atoms with Gasteiger partial charge in [0.15, 0.2) is 12.4 Å². The van der Waals surface area contributed by atoms with Gasteiger partial charge in [0.05, 0.1) is 5.41 Å². The number of amides is 1.